The zero-order valence-electron chi connectivity index (χ0n) is 10.4. The van der Waals surface area contributed by atoms with E-state index in [1.54, 1.807) is 0 Å². The van der Waals surface area contributed by atoms with Crippen LogP contribution >= 0.6 is 0 Å². The molecule has 0 spiro atoms. The van der Waals surface area contributed by atoms with Gasteiger partial charge in [-0.1, -0.05) is 19.8 Å². The van der Waals surface area contributed by atoms with Crippen LogP contribution in [-0.4, -0.2) is 38.1 Å². The summed E-state index contributed by atoms with van der Waals surface area (Å²) < 4.78 is 0. The van der Waals surface area contributed by atoms with Crippen LogP contribution in [0.3, 0.4) is 0 Å². The van der Waals surface area contributed by atoms with Gasteiger partial charge in [-0.3, -0.25) is 0 Å². The van der Waals surface area contributed by atoms with Crippen molar-refractivity contribution >= 4 is 0 Å². The Morgan fingerprint density at radius 2 is 2.07 bits per heavy atom. The molecule has 0 aromatic rings. The predicted octanol–water partition coefficient (Wildman–Crippen LogP) is 2.11. The third-order valence-corrected chi connectivity index (χ3v) is 4.15. The second kappa shape index (κ2) is 4.84. The molecule has 2 fully saturated rings. The average Bonchev–Trinajstić information content (AvgIpc) is 2.76. The molecule has 1 saturated heterocycles. The number of nitrogens with zero attached hydrogens (tertiary/aromatic N) is 1. The molecule has 0 aromatic heterocycles. The molecule has 15 heavy (non-hydrogen) atoms. The van der Waals surface area contributed by atoms with E-state index in [0.29, 0.717) is 5.41 Å². The summed E-state index contributed by atoms with van der Waals surface area (Å²) in [4.78, 5) is 2.57. The topological polar surface area (TPSA) is 15.3 Å². The molecule has 1 aliphatic heterocycles. The maximum absolute atomic E-state index is 3.49. The predicted molar refractivity (Wildman–Crippen MR) is 65.0 cm³/mol. The molecule has 1 atom stereocenters. The van der Waals surface area contributed by atoms with E-state index in [0.717, 1.165) is 5.92 Å². The first kappa shape index (κ1) is 11.4. The minimum absolute atomic E-state index is 0.535. The van der Waals surface area contributed by atoms with Gasteiger partial charge >= 0.3 is 0 Å². The normalized spacial score (nSPS) is 33.0. The van der Waals surface area contributed by atoms with Crippen molar-refractivity contribution in [3.63, 3.8) is 0 Å². The third-order valence-electron chi connectivity index (χ3n) is 4.15. The second-order valence-electron chi connectivity index (χ2n) is 6.08. The lowest BCUT2D eigenvalue weighted by Crippen LogP contribution is -2.37. The number of hydrogen-bond acceptors (Lipinski definition) is 2. The third kappa shape index (κ3) is 3.18. The van der Waals surface area contributed by atoms with Gasteiger partial charge in [-0.25, -0.2) is 0 Å². The lowest BCUT2D eigenvalue weighted by Gasteiger charge is -2.30. The highest BCUT2D eigenvalue weighted by Gasteiger charge is 2.30. The Kier molecular flexibility index (Phi) is 3.68. The number of nitrogens with one attached hydrogen (secondary N) is 1. The van der Waals surface area contributed by atoms with Gasteiger partial charge < -0.3 is 10.2 Å². The summed E-state index contributed by atoms with van der Waals surface area (Å²) in [5, 5.41) is 3.49. The fourth-order valence-corrected chi connectivity index (χ4v) is 3.35. The van der Waals surface area contributed by atoms with Crippen LogP contribution in [-0.2, 0) is 0 Å². The Bertz CT molecular complexity index is 191. The van der Waals surface area contributed by atoms with E-state index in [1.165, 1.54) is 58.3 Å². The van der Waals surface area contributed by atoms with E-state index in [4.69, 9.17) is 0 Å². The van der Waals surface area contributed by atoms with E-state index in [1.807, 2.05) is 0 Å². The van der Waals surface area contributed by atoms with Gasteiger partial charge in [0, 0.05) is 19.6 Å². The fourth-order valence-electron chi connectivity index (χ4n) is 3.35. The fraction of sp³-hybridized carbons (Fsp3) is 1.00. The zero-order chi connectivity index (χ0) is 10.7. The highest BCUT2D eigenvalue weighted by molar-refractivity contribution is 4.86. The van der Waals surface area contributed by atoms with Gasteiger partial charge in [-0.05, 0) is 44.2 Å². The summed E-state index contributed by atoms with van der Waals surface area (Å²) in [5.41, 5.74) is 0.535. The summed E-state index contributed by atoms with van der Waals surface area (Å²) in [6.45, 7) is 7.46. The van der Waals surface area contributed by atoms with Crippen molar-refractivity contribution < 1.29 is 0 Å². The minimum atomic E-state index is 0.535. The van der Waals surface area contributed by atoms with Crippen LogP contribution in [0.2, 0.25) is 0 Å². The van der Waals surface area contributed by atoms with Gasteiger partial charge in [0.1, 0.15) is 0 Å². The molecule has 0 aromatic carbocycles. The lowest BCUT2D eigenvalue weighted by atomic mass is 9.89. The lowest BCUT2D eigenvalue weighted by molar-refractivity contribution is 0.186. The van der Waals surface area contributed by atoms with Crippen molar-refractivity contribution in [2.24, 2.45) is 11.3 Å². The van der Waals surface area contributed by atoms with Gasteiger partial charge in [-0.2, -0.15) is 0 Å². The van der Waals surface area contributed by atoms with Crippen molar-refractivity contribution in [3.05, 3.63) is 0 Å². The second-order valence-corrected chi connectivity index (χ2v) is 6.08. The molecule has 2 rings (SSSR count). The Balaban J connectivity index is 1.73. The summed E-state index contributed by atoms with van der Waals surface area (Å²) >= 11 is 0. The maximum atomic E-state index is 3.49. The van der Waals surface area contributed by atoms with E-state index in [9.17, 15) is 0 Å². The summed E-state index contributed by atoms with van der Waals surface area (Å²) in [6.07, 6.45) is 7.23. The molecule has 2 aliphatic rings. The Hall–Kier alpha value is -0.0800. The smallest absolute Gasteiger partial charge is 0.00450 e. The molecule has 0 radical (unpaired) electrons. The Morgan fingerprint density at radius 3 is 2.67 bits per heavy atom. The van der Waals surface area contributed by atoms with Crippen LogP contribution in [0.1, 0.15) is 39.0 Å². The summed E-state index contributed by atoms with van der Waals surface area (Å²) in [5.74, 6) is 0.993. The van der Waals surface area contributed by atoms with Gasteiger partial charge in [0.15, 0.2) is 0 Å². The van der Waals surface area contributed by atoms with Crippen LogP contribution < -0.4 is 5.32 Å². The quantitative estimate of drug-likeness (QED) is 0.764. The largest absolute Gasteiger partial charge is 0.316 e. The molecule has 0 bridgehead atoms. The molecular weight excluding hydrogens is 184 g/mol. The molecule has 1 heterocycles. The summed E-state index contributed by atoms with van der Waals surface area (Å²) in [6, 6.07) is 0. The monoisotopic (exact) mass is 210 g/mol. The van der Waals surface area contributed by atoms with Crippen molar-refractivity contribution in [1.82, 2.24) is 10.2 Å². The van der Waals surface area contributed by atoms with Crippen molar-refractivity contribution in [3.8, 4) is 0 Å². The van der Waals surface area contributed by atoms with Crippen LogP contribution in [0.15, 0.2) is 0 Å². The highest BCUT2D eigenvalue weighted by atomic mass is 15.1. The van der Waals surface area contributed by atoms with E-state index in [-0.39, 0.29) is 0 Å². The first-order valence-electron chi connectivity index (χ1n) is 6.57. The van der Waals surface area contributed by atoms with E-state index in [2.05, 4.69) is 24.2 Å². The number of hydrogen-bond donors (Lipinski definition) is 1. The highest BCUT2D eigenvalue weighted by Crippen LogP contribution is 2.28. The average molecular weight is 210 g/mol. The first-order chi connectivity index (χ1) is 7.18. The summed E-state index contributed by atoms with van der Waals surface area (Å²) in [7, 11) is 2.31. The van der Waals surface area contributed by atoms with Crippen LogP contribution in [0.5, 0.6) is 0 Å². The van der Waals surface area contributed by atoms with Gasteiger partial charge in [-0.15, -0.1) is 0 Å². The molecule has 1 saturated carbocycles. The molecular formula is C13H26N2. The van der Waals surface area contributed by atoms with Gasteiger partial charge in [0.05, 0.1) is 0 Å². The van der Waals surface area contributed by atoms with Crippen molar-refractivity contribution in [1.29, 1.82) is 0 Å². The Morgan fingerprint density at radius 1 is 1.33 bits per heavy atom. The van der Waals surface area contributed by atoms with E-state index >= 15 is 0 Å². The van der Waals surface area contributed by atoms with Crippen LogP contribution in [0.25, 0.3) is 0 Å². The molecule has 2 heteroatoms. The standard InChI is InChI=1S/C13H26N2/c1-13(7-8-14-10-13)11-15(2)9-12-5-3-4-6-12/h12,14H,3-11H2,1-2H3. The van der Waals surface area contributed by atoms with Gasteiger partial charge in [0.25, 0.3) is 0 Å². The molecule has 1 aliphatic carbocycles. The van der Waals surface area contributed by atoms with Crippen LogP contribution in [0, 0.1) is 11.3 Å². The molecule has 88 valence electrons. The van der Waals surface area contributed by atoms with Crippen LogP contribution in [0.4, 0.5) is 0 Å². The van der Waals surface area contributed by atoms with E-state index < -0.39 is 0 Å². The Labute approximate surface area is 94.4 Å². The molecule has 1 unspecified atom stereocenters. The maximum Gasteiger partial charge on any atom is 0.00450 e. The molecule has 0 amide bonds. The SMILES string of the molecule is CN(CC1CCCC1)CC1(C)CCNC1. The van der Waals surface area contributed by atoms with Gasteiger partial charge in [0.2, 0.25) is 0 Å². The van der Waals surface area contributed by atoms with Crippen molar-refractivity contribution in [2.75, 3.05) is 33.2 Å². The zero-order valence-corrected chi connectivity index (χ0v) is 10.4. The molecule has 1 N–H and O–H groups in total. The first-order valence-corrected chi connectivity index (χ1v) is 6.57. The molecule has 2 nitrogen and oxygen atoms in total. The van der Waals surface area contributed by atoms with Crippen molar-refractivity contribution in [2.45, 2.75) is 39.0 Å². The number of rotatable bonds is 4. The minimum Gasteiger partial charge on any atom is -0.316 e.